The second-order valence-electron chi connectivity index (χ2n) is 7.48. The van der Waals surface area contributed by atoms with Crippen molar-refractivity contribution in [2.75, 3.05) is 0 Å². The Morgan fingerprint density at radius 3 is 2.24 bits per heavy atom. The number of rotatable bonds is 5. The Morgan fingerprint density at radius 2 is 1.52 bits per heavy atom. The third-order valence-electron chi connectivity index (χ3n) is 5.22. The molecule has 1 heterocycles. The molecule has 4 aromatic carbocycles. The van der Waals surface area contributed by atoms with Crippen LogP contribution in [0.4, 0.5) is 4.39 Å². The van der Waals surface area contributed by atoms with Crippen molar-refractivity contribution in [3.8, 4) is 34.0 Å². The highest BCUT2D eigenvalue weighted by Gasteiger charge is 2.18. The normalized spacial score (nSPS) is 11.6. The van der Waals surface area contributed by atoms with Crippen LogP contribution in [-0.2, 0) is 4.57 Å². The van der Waals surface area contributed by atoms with Gasteiger partial charge in [0, 0.05) is 11.6 Å². The number of hydrogen-bond donors (Lipinski definition) is 3. The predicted molar refractivity (Wildman–Crippen MR) is 125 cm³/mol. The van der Waals surface area contributed by atoms with Crippen molar-refractivity contribution >= 4 is 23.9 Å². The van der Waals surface area contributed by atoms with Gasteiger partial charge in [-0.2, -0.15) is 4.98 Å². The lowest BCUT2D eigenvalue weighted by Gasteiger charge is -2.06. The summed E-state index contributed by atoms with van der Waals surface area (Å²) in [6.45, 7) is 0. The molecular formula is C25H18FN2O4P. The first-order valence-corrected chi connectivity index (χ1v) is 11.7. The van der Waals surface area contributed by atoms with Gasteiger partial charge in [-0.05, 0) is 41.0 Å². The molecule has 0 atom stereocenters. The maximum Gasteiger partial charge on any atom is 0.356 e. The van der Waals surface area contributed by atoms with Crippen molar-refractivity contribution in [2.45, 2.75) is 0 Å². The Morgan fingerprint density at radius 1 is 0.818 bits per heavy atom. The maximum atomic E-state index is 14.9. The molecule has 0 radical (unpaired) electrons. The van der Waals surface area contributed by atoms with Crippen LogP contribution in [0.2, 0.25) is 0 Å². The number of fused-ring (bicyclic) bond motifs is 1. The highest BCUT2D eigenvalue weighted by molar-refractivity contribution is 7.60. The highest BCUT2D eigenvalue weighted by Crippen LogP contribution is 2.35. The highest BCUT2D eigenvalue weighted by atomic mass is 31.2. The van der Waals surface area contributed by atoms with Crippen LogP contribution >= 0.6 is 7.60 Å². The zero-order valence-electron chi connectivity index (χ0n) is 17.1. The molecule has 0 aliphatic heterocycles. The monoisotopic (exact) mass is 460 g/mol. The molecule has 5 rings (SSSR count). The molecule has 3 N–H and O–H groups in total. The average Bonchev–Trinajstić information content (AvgIpc) is 3.20. The van der Waals surface area contributed by atoms with Gasteiger partial charge in [0.25, 0.3) is 6.01 Å². The summed E-state index contributed by atoms with van der Waals surface area (Å²) in [5, 5.41) is -0.164. The van der Waals surface area contributed by atoms with Crippen molar-refractivity contribution in [1.82, 2.24) is 9.97 Å². The molecule has 33 heavy (non-hydrogen) atoms. The van der Waals surface area contributed by atoms with Crippen molar-refractivity contribution in [3.05, 3.63) is 96.8 Å². The molecule has 0 unspecified atom stereocenters. The third kappa shape index (κ3) is 4.43. The van der Waals surface area contributed by atoms with Gasteiger partial charge in [-0.15, -0.1) is 0 Å². The summed E-state index contributed by atoms with van der Waals surface area (Å²) in [7, 11) is -4.41. The summed E-state index contributed by atoms with van der Waals surface area (Å²) in [5.41, 5.74) is 4.18. The topological polar surface area (TPSA) is 95.4 Å². The standard InChI is InChI=1S/C25H18FN2O4P/c26-22-15-24-23(27-25(28-24)32-19-7-4-8-20(13-19)33(29,30)31)14-21(22)18-11-9-17(10-12-18)16-5-2-1-3-6-16/h1-15H,(H,27,28)(H2,29,30,31). The number of aromatic amines is 1. The number of ether oxygens (including phenoxy) is 1. The van der Waals surface area contributed by atoms with Crippen LogP contribution in [-0.4, -0.2) is 19.8 Å². The lowest BCUT2D eigenvalue weighted by Crippen LogP contribution is -2.03. The molecule has 0 aliphatic carbocycles. The fourth-order valence-corrected chi connectivity index (χ4v) is 4.16. The molecule has 0 aliphatic rings. The molecule has 8 heteroatoms. The Balaban J connectivity index is 1.44. The van der Waals surface area contributed by atoms with E-state index in [4.69, 9.17) is 4.74 Å². The first-order chi connectivity index (χ1) is 15.9. The predicted octanol–water partition coefficient (Wildman–Crippen LogP) is 5.63. The lowest BCUT2D eigenvalue weighted by molar-refractivity contribution is 0.387. The Kier molecular flexibility index (Phi) is 5.30. The molecule has 0 saturated carbocycles. The minimum atomic E-state index is -4.41. The van der Waals surface area contributed by atoms with Gasteiger partial charge in [-0.3, -0.25) is 4.57 Å². The van der Waals surface area contributed by atoms with Gasteiger partial charge >= 0.3 is 7.60 Å². The average molecular weight is 460 g/mol. The zero-order valence-corrected chi connectivity index (χ0v) is 18.0. The first kappa shape index (κ1) is 21.1. The van der Waals surface area contributed by atoms with Crippen LogP contribution in [0.5, 0.6) is 11.8 Å². The van der Waals surface area contributed by atoms with Gasteiger partial charge in [-0.25, -0.2) is 4.39 Å². The number of halogens is 1. The van der Waals surface area contributed by atoms with Gasteiger partial charge in [-0.1, -0.05) is 60.7 Å². The first-order valence-electron chi connectivity index (χ1n) is 10.1. The van der Waals surface area contributed by atoms with Crippen LogP contribution in [0.25, 0.3) is 33.3 Å². The lowest BCUT2D eigenvalue weighted by atomic mass is 10.00. The summed E-state index contributed by atoms with van der Waals surface area (Å²) in [6, 6.07) is 26.2. The van der Waals surface area contributed by atoms with E-state index in [0.717, 1.165) is 11.1 Å². The van der Waals surface area contributed by atoms with Crippen molar-refractivity contribution in [1.29, 1.82) is 0 Å². The van der Waals surface area contributed by atoms with E-state index in [1.165, 1.54) is 24.3 Å². The number of nitrogens with one attached hydrogen (secondary N) is 1. The number of nitrogens with zero attached hydrogens (tertiary/aromatic N) is 1. The number of aromatic nitrogens is 2. The van der Waals surface area contributed by atoms with E-state index >= 15 is 0 Å². The summed E-state index contributed by atoms with van der Waals surface area (Å²) in [6.07, 6.45) is 0. The second kappa shape index (κ2) is 8.30. The molecule has 6 nitrogen and oxygen atoms in total. The zero-order chi connectivity index (χ0) is 23.0. The van der Waals surface area contributed by atoms with Crippen molar-refractivity contribution in [2.24, 2.45) is 0 Å². The minimum absolute atomic E-state index is 0.0869. The summed E-state index contributed by atoms with van der Waals surface area (Å²) in [5.74, 6) is -0.208. The SMILES string of the molecule is O=P(O)(O)c1cccc(Oc2nc3cc(-c4ccc(-c5ccccc5)cc4)c(F)cc3[nH]2)c1. The largest absolute Gasteiger partial charge is 0.426 e. The Hall–Kier alpha value is -3.77. The Labute approximate surface area is 188 Å². The molecule has 1 aromatic heterocycles. The van der Waals surface area contributed by atoms with Gasteiger partial charge in [0.1, 0.15) is 11.6 Å². The van der Waals surface area contributed by atoms with Gasteiger partial charge in [0.05, 0.1) is 16.3 Å². The summed E-state index contributed by atoms with van der Waals surface area (Å²) in [4.78, 5) is 25.9. The molecular weight excluding hydrogens is 442 g/mol. The molecule has 0 spiro atoms. The molecule has 164 valence electrons. The van der Waals surface area contributed by atoms with E-state index in [0.29, 0.717) is 22.2 Å². The van der Waals surface area contributed by atoms with E-state index in [-0.39, 0.29) is 17.1 Å². The number of H-pyrrole nitrogens is 1. The summed E-state index contributed by atoms with van der Waals surface area (Å²) < 4.78 is 32.0. The van der Waals surface area contributed by atoms with E-state index in [2.05, 4.69) is 9.97 Å². The molecule has 0 amide bonds. The Bertz CT molecular complexity index is 1490. The van der Waals surface area contributed by atoms with Crippen LogP contribution in [0.15, 0.2) is 91.0 Å². The third-order valence-corrected chi connectivity index (χ3v) is 6.17. The number of hydrogen-bond acceptors (Lipinski definition) is 3. The number of benzene rings is 4. The fraction of sp³-hybridized carbons (Fsp3) is 0. The van der Waals surface area contributed by atoms with Crippen LogP contribution in [0.3, 0.4) is 0 Å². The van der Waals surface area contributed by atoms with Gasteiger partial charge in [0.15, 0.2) is 0 Å². The van der Waals surface area contributed by atoms with Crippen LogP contribution in [0, 0.1) is 5.82 Å². The van der Waals surface area contributed by atoms with E-state index in [1.807, 2.05) is 54.6 Å². The fourth-order valence-electron chi connectivity index (χ4n) is 3.59. The van der Waals surface area contributed by atoms with E-state index in [1.54, 1.807) is 12.1 Å². The van der Waals surface area contributed by atoms with E-state index < -0.39 is 13.4 Å². The maximum absolute atomic E-state index is 14.9. The molecule has 0 fully saturated rings. The van der Waals surface area contributed by atoms with Gasteiger partial charge in [0.2, 0.25) is 0 Å². The van der Waals surface area contributed by atoms with Crippen LogP contribution in [0.1, 0.15) is 0 Å². The van der Waals surface area contributed by atoms with Crippen LogP contribution < -0.4 is 10.0 Å². The smallest absolute Gasteiger partial charge is 0.356 e. The number of imidazole rings is 1. The molecule has 0 bridgehead atoms. The summed E-state index contributed by atoms with van der Waals surface area (Å²) >= 11 is 0. The molecule has 0 saturated heterocycles. The van der Waals surface area contributed by atoms with Gasteiger partial charge < -0.3 is 19.5 Å². The second-order valence-corrected chi connectivity index (χ2v) is 9.08. The molecule has 5 aromatic rings. The van der Waals surface area contributed by atoms with Crippen molar-refractivity contribution < 1.29 is 23.5 Å². The minimum Gasteiger partial charge on any atom is -0.426 e. The van der Waals surface area contributed by atoms with Crippen molar-refractivity contribution in [3.63, 3.8) is 0 Å². The quantitative estimate of drug-likeness (QED) is 0.296. The van der Waals surface area contributed by atoms with E-state index in [9.17, 15) is 18.7 Å².